The fraction of sp³-hybridized carbons (Fsp3) is 0.870. The normalized spacial score (nSPS) is 41.4. The van der Waals surface area contributed by atoms with E-state index in [1.165, 1.54) is 20.0 Å². The molecule has 0 bridgehead atoms. The standard InChI is InChI=1S/C23H38O4/c1-16(13-20(24)25-6)7-9-21(4)17(2)8-10-22(5)18(3)14-23(15-19(21)22)26-11-12-27-23/h13,17-19H,7-12,14-15H2,1-6H3/b16-13+/t17-,18-,19-,21+,22-/m1/s1. The predicted molar refractivity (Wildman–Crippen MR) is 106 cm³/mol. The third-order valence-corrected chi connectivity index (χ3v) is 8.53. The first-order chi connectivity index (χ1) is 12.7. The maximum atomic E-state index is 11.6. The molecule has 1 saturated heterocycles. The van der Waals surface area contributed by atoms with E-state index in [1.807, 2.05) is 6.92 Å². The molecule has 2 saturated carbocycles. The van der Waals surface area contributed by atoms with Gasteiger partial charge in [0.25, 0.3) is 0 Å². The fourth-order valence-corrected chi connectivity index (χ4v) is 6.23. The highest BCUT2D eigenvalue weighted by Crippen LogP contribution is 2.65. The van der Waals surface area contributed by atoms with Crippen molar-refractivity contribution in [2.24, 2.45) is 28.6 Å². The van der Waals surface area contributed by atoms with Gasteiger partial charge in [-0.3, -0.25) is 0 Å². The van der Waals surface area contributed by atoms with Gasteiger partial charge in [0.2, 0.25) is 0 Å². The van der Waals surface area contributed by atoms with Crippen molar-refractivity contribution in [1.82, 2.24) is 0 Å². The number of methoxy groups -OCH3 is 1. The van der Waals surface area contributed by atoms with Crippen molar-refractivity contribution in [3.8, 4) is 0 Å². The van der Waals surface area contributed by atoms with Crippen LogP contribution in [0.25, 0.3) is 0 Å². The zero-order valence-electron chi connectivity index (χ0n) is 18.1. The number of allylic oxidation sites excluding steroid dienone is 1. The molecule has 27 heavy (non-hydrogen) atoms. The summed E-state index contributed by atoms with van der Waals surface area (Å²) < 4.78 is 17.1. The summed E-state index contributed by atoms with van der Waals surface area (Å²) in [6.45, 7) is 13.3. The van der Waals surface area contributed by atoms with E-state index in [0.29, 0.717) is 23.2 Å². The van der Waals surface area contributed by atoms with Crippen molar-refractivity contribution in [3.63, 3.8) is 0 Å². The molecule has 4 heteroatoms. The van der Waals surface area contributed by atoms with E-state index in [1.54, 1.807) is 6.08 Å². The molecule has 1 aliphatic heterocycles. The topological polar surface area (TPSA) is 44.8 Å². The molecule has 0 aromatic rings. The molecule has 3 aliphatic rings. The van der Waals surface area contributed by atoms with E-state index in [0.717, 1.165) is 44.5 Å². The monoisotopic (exact) mass is 378 g/mol. The molecule has 3 fully saturated rings. The van der Waals surface area contributed by atoms with Gasteiger partial charge in [-0.1, -0.05) is 33.3 Å². The van der Waals surface area contributed by atoms with E-state index in [9.17, 15) is 4.79 Å². The van der Waals surface area contributed by atoms with E-state index >= 15 is 0 Å². The van der Waals surface area contributed by atoms with Crippen LogP contribution < -0.4 is 0 Å². The van der Waals surface area contributed by atoms with Gasteiger partial charge in [0, 0.05) is 18.9 Å². The molecule has 2 aliphatic carbocycles. The summed E-state index contributed by atoms with van der Waals surface area (Å²) in [6, 6.07) is 0. The maximum absolute atomic E-state index is 11.6. The molecule has 0 aromatic carbocycles. The van der Waals surface area contributed by atoms with E-state index < -0.39 is 0 Å². The van der Waals surface area contributed by atoms with Crippen LogP contribution in [0.1, 0.15) is 73.1 Å². The quantitative estimate of drug-likeness (QED) is 0.503. The van der Waals surface area contributed by atoms with Gasteiger partial charge < -0.3 is 14.2 Å². The van der Waals surface area contributed by atoms with Gasteiger partial charge in [-0.2, -0.15) is 0 Å². The second kappa shape index (κ2) is 7.51. The Morgan fingerprint density at radius 3 is 2.44 bits per heavy atom. The van der Waals surface area contributed by atoms with Crippen molar-refractivity contribution in [2.45, 2.75) is 78.9 Å². The molecule has 0 amide bonds. The molecule has 3 rings (SSSR count). The summed E-state index contributed by atoms with van der Waals surface area (Å²) in [5.74, 6) is 1.20. The van der Waals surface area contributed by atoms with E-state index in [-0.39, 0.29) is 17.2 Å². The van der Waals surface area contributed by atoms with Gasteiger partial charge in [0.05, 0.1) is 20.3 Å². The van der Waals surface area contributed by atoms with Crippen LogP contribution in [0.3, 0.4) is 0 Å². The molecular weight excluding hydrogens is 340 g/mol. The van der Waals surface area contributed by atoms with Crippen LogP contribution >= 0.6 is 0 Å². The number of fused-ring (bicyclic) bond motifs is 1. The lowest BCUT2D eigenvalue weighted by molar-refractivity contribution is -0.251. The highest BCUT2D eigenvalue weighted by atomic mass is 16.7. The van der Waals surface area contributed by atoms with Crippen LogP contribution in [0, 0.1) is 28.6 Å². The largest absolute Gasteiger partial charge is 0.466 e. The second-order valence-corrected chi connectivity index (χ2v) is 9.93. The van der Waals surface area contributed by atoms with Crippen molar-refractivity contribution >= 4 is 5.97 Å². The van der Waals surface area contributed by atoms with Crippen LogP contribution in [-0.4, -0.2) is 32.1 Å². The number of hydrogen-bond donors (Lipinski definition) is 0. The first-order valence-corrected chi connectivity index (χ1v) is 10.7. The Labute approximate surface area is 165 Å². The van der Waals surface area contributed by atoms with Crippen LogP contribution in [0.5, 0.6) is 0 Å². The Morgan fingerprint density at radius 2 is 1.81 bits per heavy atom. The summed E-state index contributed by atoms with van der Waals surface area (Å²) in [5, 5.41) is 0. The van der Waals surface area contributed by atoms with Gasteiger partial charge in [-0.05, 0) is 61.2 Å². The zero-order chi connectivity index (χ0) is 19.9. The van der Waals surface area contributed by atoms with E-state index in [2.05, 4.69) is 27.7 Å². The Balaban J connectivity index is 1.85. The van der Waals surface area contributed by atoms with Crippen molar-refractivity contribution < 1.29 is 19.0 Å². The average molecular weight is 379 g/mol. The number of rotatable bonds is 4. The summed E-state index contributed by atoms with van der Waals surface area (Å²) in [6.07, 6.45) is 8.28. The summed E-state index contributed by atoms with van der Waals surface area (Å²) in [4.78, 5) is 11.6. The zero-order valence-corrected chi connectivity index (χ0v) is 18.1. The Kier molecular flexibility index (Phi) is 5.80. The maximum Gasteiger partial charge on any atom is 0.330 e. The van der Waals surface area contributed by atoms with Gasteiger partial charge in [-0.15, -0.1) is 0 Å². The van der Waals surface area contributed by atoms with Crippen molar-refractivity contribution in [2.75, 3.05) is 20.3 Å². The first kappa shape index (κ1) is 20.9. The average Bonchev–Trinajstić information content (AvgIpc) is 3.07. The van der Waals surface area contributed by atoms with Crippen molar-refractivity contribution in [3.05, 3.63) is 11.6 Å². The minimum Gasteiger partial charge on any atom is -0.466 e. The van der Waals surface area contributed by atoms with Gasteiger partial charge in [0.1, 0.15) is 0 Å². The summed E-state index contributed by atoms with van der Waals surface area (Å²) >= 11 is 0. The van der Waals surface area contributed by atoms with Gasteiger partial charge >= 0.3 is 5.97 Å². The molecule has 1 spiro atoms. The lowest BCUT2D eigenvalue weighted by Crippen LogP contribution is -2.58. The van der Waals surface area contributed by atoms with Gasteiger partial charge in [0.15, 0.2) is 5.79 Å². The van der Waals surface area contributed by atoms with Crippen LogP contribution in [0.2, 0.25) is 0 Å². The van der Waals surface area contributed by atoms with Crippen molar-refractivity contribution in [1.29, 1.82) is 0 Å². The Morgan fingerprint density at radius 1 is 1.15 bits per heavy atom. The number of esters is 1. The lowest BCUT2D eigenvalue weighted by Gasteiger charge is -2.62. The number of ether oxygens (including phenoxy) is 3. The number of hydrogen-bond acceptors (Lipinski definition) is 4. The molecule has 154 valence electrons. The Hall–Kier alpha value is -0.870. The molecule has 0 N–H and O–H groups in total. The third kappa shape index (κ3) is 3.72. The Bertz CT molecular complexity index is 591. The number of carbonyl (C=O) groups excluding carboxylic acids is 1. The number of carbonyl (C=O) groups is 1. The first-order valence-electron chi connectivity index (χ1n) is 10.7. The molecule has 0 radical (unpaired) electrons. The highest BCUT2D eigenvalue weighted by Gasteiger charge is 2.61. The van der Waals surface area contributed by atoms with Crippen LogP contribution in [-0.2, 0) is 19.0 Å². The van der Waals surface area contributed by atoms with Crippen LogP contribution in [0.15, 0.2) is 11.6 Å². The van der Waals surface area contributed by atoms with E-state index in [4.69, 9.17) is 14.2 Å². The van der Waals surface area contributed by atoms with Crippen LogP contribution in [0.4, 0.5) is 0 Å². The smallest absolute Gasteiger partial charge is 0.330 e. The third-order valence-electron chi connectivity index (χ3n) is 8.53. The molecular formula is C23H38O4. The lowest BCUT2D eigenvalue weighted by atomic mass is 9.44. The highest BCUT2D eigenvalue weighted by molar-refractivity contribution is 5.82. The fourth-order valence-electron chi connectivity index (χ4n) is 6.23. The molecule has 5 atom stereocenters. The summed E-state index contributed by atoms with van der Waals surface area (Å²) in [5.41, 5.74) is 1.66. The molecule has 0 unspecified atom stereocenters. The molecule has 1 heterocycles. The van der Waals surface area contributed by atoms with Gasteiger partial charge in [-0.25, -0.2) is 4.79 Å². The predicted octanol–water partition coefficient (Wildman–Crippen LogP) is 5.12. The summed E-state index contributed by atoms with van der Waals surface area (Å²) in [7, 11) is 1.44. The molecule has 4 nitrogen and oxygen atoms in total. The minimum absolute atomic E-state index is 0.217. The molecule has 0 aromatic heterocycles. The second-order valence-electron chi connectivity index (χ2n) is 9.93. The SMILES string of the molecule is COC(=O)/C=C(\C)CC[C@]1(C)[C@H]2CC3(C[C@@H](C)[C@@]2(C)CC[C@H]1C)OCCO3. The minimum atomic E-state index is -0.362.